The first kappa shape index (κ1) is 11.2. The van der Waals surface area contributed by atoms with Crippen molar-refractivity contribution in [2.24, 2.45) is 7.05 Å². The van der Waals surface area contributed by atoms with Gasteiger partial charge in [-0.15, -0.1) is 0 Å². The third-order valence-corrected chi connectivity index (χ3v) is 2.63. The third kappa shape index (κ3) is 2.86. The van der Waals surface area contributed by atoms with Gasteiger partial charge in [-0.25, -0.2) is 4.98 Å². The van der Waals surface area contributed by atoms with E-state index in [-0.39, 0.29) is 11.8 Å². The van der Waals surface area contributed by atoms with Crippen molar-refractivity contribution in [1.82, 2.24) is 20.1 Å². The van der Waals surface area contributed by atoms with Gasteiger partial charge in [0.15, 0.2) is 0 Å². The Kier molecular flexibility index (Phi) is 3.63. The van der Waals surface area contributed by atoms with Gasteiger partial charge < -0.3 is 10.1 Å². The standard InChI is InChI=1S/C10H16N4O2/c1-14-10(12-7-13-14)5-9(15)4-8-6-16-3-2-11-8/h7-8,11H,2-6H2,1H3. The predicted octanol–water partition coefficient (Wildman–Crippen LogP) is -0.695. The average molecular weight is 224 g/mol. The normalized spacial score (nSPS) is 20.9. The lowest BCUT2D eigenvalue weighted by Crippen LogP contribution is -2.42. The second-order valence-electron chi connectivity index (χ2n) is 3.95. The summed E-state index contributed by atoms with van der Waals surface area (Å²) in [5, 5.41) is 7.19. The van der Waals surface area contributed by atoms with Crippen molar-refractivity contribution in [2.75, 3.05) is 19.8 Å². The summed E-state index contributed by atoms with van der Waals surface area (Å²) in [7, 11) is 1.79. The van der Waals surface area contributed by atoms with Crippen LogP contribution in [-0.4, -0.2) is 46.3 Å². The number of ketones is 1. The highest BCUT2D eigenvalue weighted by molar-refractivity contribution is 5.80. The van der Waals surface area contributed by atoms with Crippen LogP contribution in [0.15, 0.2) is 6.33 Å². The average Bonchev–Trinajstić information content (AvgIpc) is 2.66. The Bertz CT molecular complexity index is 357. The van der Waals surface area contributed by atoms with Crippen LogP contribution < -0.4 is 5.32 Å². The molecule has 0 spiro atoms. The van der Waals surface area contributed by atoms with Crippen LogP contribution in [0.5, 0.6) is 0 Å². The maximum Gasteiger partial charge on any atom is 0.142 e. The van der Waals surface area contributed by atoms with Crippen LogP contribution in [0.3, 0.4) is 0 Å². The molecule has 0 bridgehead atoms. The van der Waals surface area contributed by atoms with Gasteiger partial charge in [-0.3, -0.25) is 9.48 Å². The summed E-state index contributed by atoms with van der Waals surface area (Å²) >= 11 is 0. The van der Waals surface area contributed by atoms with Crippen LogP contribution in [0.25, 0.3) is 0 Å². The molecule has 88 valence electrons. The molecule has 1 unspecified atom stereocenters. The Morgan fingerprint density at radius 1 is 1.75 bits per heavy atom. The molecule has 2 rings (SSSR count). The molecule has 1 saturated heterocycles. The fourth-order valence-corrected chi connectivity index (χ4v) is 1.75. The molecule has 1 N–H and O–H groups in total. The van der Waals surface area contributed by atoms with Gasteiger partial charge in [0.05, 0.1) is 19.6 Å². The van der Waals surface area contributed by atoms with E-state index in [0.29, 0.717) is 25.3 Å². The molecule has 0 aromatic carbocycles. The summed E-state index contributed by atoms with van der Waals surface area (Å²) in [6.45, 7) is 2.17. The van der Waals surface area contributed by atoms with E-state index in [4.69, 9.17) is 4.74 Å². The molecule has 0 radical (unpaired) electrons. The number of aromatic nitrogens is 3. The van der Waals surface area contributed by atoms with E-state index >= 15 is 0 Å². The third-order valence-electron chi connectivity index (χ3n) is 2.63. The molecular formula is C10H16N4O2. The molecular weight excluding hydrogens is 208 g/mol. The van der Waals surface area contributed by atoms with E-state index < -0.39 is 0 Å². The van der Waals surface area contributed by atoms with Gasteiger partial charge in [-0.1, -0.05) is 0 Å². The molecule has 1 aliphatic rings. The number of aryl methyl sites for hydroxylation is 1. The summed E-state index contributed by atoms with van der Waals surface area (Å²) in [5.41, 5.74) is 0. The molecule has 1 aromatic heterocycles. The Morgan fingerprint density at radius 3 is 3.25 bits per heavy atom. The van der Waals surface area contributed by atoms with E-state index in [0.717, 1.165) is 13.2 Å². The maximum absolute atomic E-state index is 11.8. The summed E-state index contributed by atoms with van der Waals surface area (Å²) in [6.07, 6.45) is 2.30. The lowest BCUT2D eigenvalue weighted by molar-refractivity contribution is -0.119. The first-order valence-electron chi connectivity index (χ1n) is 5.41. The quantitative estimate of drug-likeness (QED) is 0.732. The smallest absolute Gasteiger partial charge is 0.142 e. The topological polar surface area (TPSA) is 69.0 Å². The van der Waals surface area contributed by atoms with Gasteiger partial charge >= 0.3 is 0 Å². The van der Waals surface area contributed by atoms with Gasteiger partial charge in [0.2, 0.25) is 0 Å². The van der Waals surface area contributed by atoms with Crippen LogP contribution in [0, 0.1) is 0 Å². The van der Waals surface area contributed by atoms with Crippen LogP contribution in [-0.2, 0) is 23.0 Å². The minimum absolute atomic E-state index is 0.148. The highest BCUT2D eigenvalue weighted by Gasteiger charge is 2.18. The summed E-state index contributed by atoms with van der Waals surface area (Å²) < 4.78 is 6.92. The second kappa shape index (κ2) is 5.18. The van der Waals surface area contributed by atoms with Gasteiger partial charge in [0.25, 0.3) is 0 Å². The molecule has 0 saturated carbocycles. The molecule has 1 atom stereocenters. The van der Waals surface area contributed by atoms with Gasteiger partial charge in [-0.05, 0) is 0 Å². The van der Waals surface area contributed by atoms with Crippen LogP contribution in [0.1, 0.15) is 12.2 Å². The monoisotopic (exact) mass is 224 g/mol. The van der Waals surface area contributed by atoms with E-state index in [2.05, 4.69) is 15.4 Å². The number of morpholine rings is 1. The number of ether oxygens (including phenoxy) is 1. The fraction of sp³-hybridized carbons (Fsp3) is 0.700. The Balaban J connectivity index is 1.82. The Hall–Kier alpha value is -1.27. The number of nitrogens with one attached hydrogen (secondary N) is 1. The first-order chi connectivity index (χ1) is 7.75. The number of Topliss-reactive ketones (excluding diaryl/α,β-unsaturated/α-hetero) is 1. The lowest BCUT2D eigenvalue weighted by atomic mass is 10.1. The van der Waals surface area contributed by atoms with Crippen molar-refractivity contribution >= 4 is 5.78 Å². The van der Waals surface area contributed by atoms with Crippen molar-refractivity contribution in [2.45, 2.75) is 18.9 Å². The van der Waals surface area contributed by atoms with E-state index in [1.54, 1.807) is 11.7 Å². The fourth-order valence-electron chi connectivity index (χ4n) is 1.75. The maximum atomic E-state index is 11.8. The zero-order valence-corrected chi connectivity index (χ0v) is 9.35. The minimum atomic E-state index is 0.148. The second-order valence-corrected chi connectivity index (χ2v) is 3.95. The van der Waals surface area contributed by atoms with Gasteiger partial charge in [0, 0.05) is 26.1 Å². The molecule has 0 aliphatic carbocycles. The Labute approximate surface area is 94.0 Å². The largest absolute Gasteiger partial charge is 0.379 e. The van der Waals surface area contributed by atoms with Crippen molar-refractivity contribution in [3.05, 3.63) is 12.2 Å². The van der Waals surface area contributed by atoms with E-state index in [1.807, 2.05) is 0 Å². The van der Waals surface area contributed by atoms with Crippen molar-refractivity contribution in [1.29, 1.82) is 0 Å². The summed E-state index contributed by atoms with van der Waals surface area (Å²) in [5.74, 6) is 0.876. The first-order valence-corrected chi connectivity index (χ1v) is 5.41. The molecule has 16 heavy (non-hydrogen) atoms. The van der Waals surface area contributed by atoms with Crippen LogP contribution >= 0.6 is 0 Å². The van der Waals surface area contributed by atoms with Crippen molar-refractivity contribution in [3.8, 4) is 0 Å². The minimum Gasteiger partial charge on any atom is -0.379 e. The van der Waals surface area contributed by atoms with Crippen LogP contribution in [0.2, 0.25) is 0 Å². The molecule has 6 heteroatoms. The van der Waals surface area contributed by atoms with Gasteiger partial charge in [0.1, 0.15) is 17.9 Å². The highest BCUT2D eigenvalue weighted by atomic mass is 16.5. The number of hydrogen-bond donors (Lipinski definition) is 1. The lowest BCUT2D eigenvalue weighted by Gasteiger charge is -2.22. The van der Waals surface area contributed by atoms with Crippen molar-refractivity contribution < 1.29 is 9.53 Å². The predicted molar refractivity (Wildman–Crippen MR) is 56.9 cm³/mol. The molecule has 0 amide bonds. The summed E-state index contributed by atoms with van der Waals surface area (Å²) in [6, 6.07) is 0.148. The SMILES string of the molecule is Cn1ncnc1CC(=O)CC1COCCN1. The van der Waals surface area contributed by atoms with E-state index in [9.17, 15) is 4.79 Å². The zero-order valence-electron chi connectivity index (χ0n) is 9.35. The van der Waals surface area contributed by atoms with Crippen LogP contribution in [0.4, 0.5) is 0 Å². The number of hydrogen-bond acceptors (Lipinski definition) is 5. The number of rotatable bonds is 4. The van der Waals surface area contributed by atoms with Crippen molar-refractivity contribution in [3.63, 3.8) is 0 Å². The van der Waals surface area contributed by atoms with Gasteiger partial charge in [-0.2, -0.15) is 5.10 Å². The molecule has 1 aliphatic heterocycles. The molecule has 1 fully saturated rings. The zero-order chi connectivity index (χ0) is 11.4. The number of carbonyl (C=O) groups excluding carboxylic acids is 1. The number of carbonyl (C=O) groups is 1. The highest BCUT2D eigenvalue weighted by Crippen LogP contribution is 2.03. The summed E-state index contributed by atoms with van der Waals surface area (Å²) in [4.78, 5) is 15.8. The number of nitrogens with zero attached hydrogens (tertiary/aromatic N) is 3. The molecule has 2 heterocycles. The van der Waals surface area contributed by atoms with E-state index in [1.165, 1.54) is 6.33 Å². The molecule has 6 nitrogen and oxygen atoms in total. The Morgan fingerprint density at radius 2 is 2.62 bits per heavy atom. The molecule has 1 aromatic rings.